The van der Waals surface area contributed by atoms with E-state index in [1.807, 2.05) is 0 Å². The molecule has 0 fully saturated rings. The van der Waals surface area contributed by atoms with Crippen LogP contribution < -0.4 is 5.32 Å². The molecule has 0 aromatic rings. The monoisotopic (exact) mass is 263 g/mol. The predicted molar refractivity (Wildman–Crippen MR) is 65.0 cm³/mol. The van der Waals surface area contributed by atoms with Crippen molar-refractivity contribution in [2.75, 3.05) is 0 Å². The summed E-state index contributed by atoms with van der Waals surface area (Å²) in [6.45, 7) is 6.78. The SMILES string of the molecule is CC(=CCl)CC(NC(=O)OC(C)(C)C)C(=O)O. The van der Waals surface area contributed by atoms with E-state index in [9.17, 15) is 9.59 Å². The van der Waals surface area contributed by atoms with E-state index in [0.717, 1.165) is 0 Å². The van der Waals surface area contributed by atoms with Gasteiger partial charge in [-0.05, 0) is 27.7 Å². The highest BCUT2D eigenvalue weighted by atomic mass is 35.5. The molecule has 0 aliphatic carbocycles. The van der Waals surface area contributed by atoms with Gasteiger partial charge in [-0.1, -0.05) is 17.2 Å². The third kappa shape index (κ3) is 7.63. The van der Waals surface area contributed by atoms with Crippen molar-refractivity contribution in [1.29, 1.82) is 0 Å². The van der Waals surface area contributed by atoms with E-state index in [2.05, 4.69) is 5.32 Å². The smallest absolute Gasteiger partial charge is 0.408 e. The van der Waals surface area contributed by atoms with Gasteiger partial charge in [0.15, 0.2) is 0 Å². The largest absolute Gasteiger partial charge is 0.480 e. The van der Waals surface area contributed by atoms with E-state index in [1.165, 1.54) is 5.54 Å². The summed E-state index contributed by atoms with van der Waals surface area (Å²) < 4.78 is 4.97. The number of halogens is 1. The average Bonchev–Trinajstić information content (AvgIpc) is 2.13. The Morgan fingerprint density at radius 1 is 1.47 bits per heavy atom. The molecular weight excluding hydrogens is 246 g/mol. The van der Waals surface area contributed by atoms with Gasteiger partial charge in [0, 0.05) is 12.0 Å². The first-order chi connectivity index (χ1) is 7.65. The standard InChI is InChI=1S/C11H18ClNO4/c1-7(6-12)5-8(9(14)15)13-10(16)17-11(2,3)4/h6,8H,5H2,1-4H3,(H,13,16)(H,14,15). The van der Waals surface area contributed by atoms with Crippen molar-refractivity contribution in [2.24, 2.45) is 0 Å². The highest BCUT2D eigenvalue weighted by Crippen LogP contribution is 2.10. The summed E-state index contributed by atoms with van der Waals surface area (Å²) in [6.07, 6.45) is -0.620. The summed E-state index contributed by atoms with van der Waals surface area (Å²) in [5.41, 5.74) is 1.28. The Hall–Kier alpha value is -1.23. The Bertz CT molecular complexity index is 320. The maximum Gasteiger partial charge on any atom is 0.408 e. The maximum atomic E-state index is 11.4. The number of carbonyl (C=O) groups is 2. The zero-order chi connectivity index (χ0) is 13.6. The van der Waals surface area contributed by atoms with Crippen molar-refractivity contribution >= 4 is 23.7 Å². The van der Waals surface area contributed by atoms with Gasteiger partial charge in [0.1, 0.15) is 11.6 Å². The van der Waals surface area contributed by atoms with Gasteiger partial charge in [-0.2, -0.15) is 0 Å². The molecule has 6 heteroatoms. The number of aliphatic carboxylic acids is 1. The number of hydrogen-bond donors (Lipinski definition) is 2. The summed E-state index contributed by atoms with van der Waals surface area (Å²) >= 11 is 5.44. The maximum absolute atomic E-state index is 11.4. The molecule has 17 heavy (non-hydrogen) atoms. The van der Waals surface area contributed by atoms with E-state index in [1.54, 1.807) is 27.7 Å². The molecular formula is C11H18ClNO4. The van der Waals surface area contributed by atoms with Gasteiger partial charge in [-0.3, -0.25) is 0 Å². The van der Waals surface area contributed by atoms with Crippen molar-refractivity contribution < 1.29 is 19.4 Å². The van der Waals surface area contributed by atoms with Gasteiger partial charge < -0.3 is 15.2 Å². The van der Waals surface area contributed by atoms with E-state index < -0.39 is 23.7 Å². The van der Waals surface area contributed by atoms with Crippen molar-refractivity contribution in [1.82, 2.24) is 5.32 Å². The molecule has 98 valence electrons. The predicted octanol–water partition coefficient (Wildman–Crippen LogP) is 2.50. The van der Waals surface area contributed by atoms with E-state index in [-0.39, 0.29) is 6.42 Å². The fourth-order valence-electron chi connectivity index (χ4n) is 1.02. The zero-order valence-electron chi connectivity index (χ0n) is 10.4. The summed E-state index contributed by atoms with van der Waals surface area (Å²) in [6, 6.07) is -1.04. The molecule has 0 bridgehead atoms. The van der Waals surface area contributed by atoms with Gasteiger partial charge in [0.2, 0.25) is 0 Å². The number of carboxylic acids is 1. The normalized spacial score (nSPS) is 14.1. The molecule has 0 spiro atoms. The van der Waals surface area contributed by atoms with Gasteiger partial charge in [0.25, 0.3) is 0 Å². The first kappa shape index (κ1) is 15.8. The van der Waals surface area contributed by atoms with Crippen LogP contribution in [0.15, 0.2) is 11.1 Å². The quantitative estimate of drug-likeness (QED) is 0.817. The molecule has 0 heterocycles. The highest BCUT2D eigenvalue weighted by Gasteiger charge is 2.23. The lowest BCUT2D eigenvalue weighted by atomic mass is 10.1. The Balaban J connectivity index is 4.46. The Labute approximate surface area is 106 Å². The number of alkyl carbamates (subject to hydrolysis) is 1. The Morgan fingerprint density at radius 2 is 2.00 bits per heavy atom. The molecule has 0 rings (SSSR count). The molecule has 2 N–H and O–H groups in total. The van der Waals surface area contributed by atoms with Crippen LogP contribution in [0.4, 0.5) is 4.79 Å². The first-order valence-electron chi connectivity index (χ1n) is 5.14. The van der Waals surface area contributed by atoms with Crippen molar-refractivity contribution in [3.8, 4) is 0 Å². The lowest BCUT2D eigenvalue weighted by Crippen LogP contribution is -2.43. The lowest BCUT2D eigenvalue weighted by Gasteiger charge is -2.22. The summed E-state index contributed by atoms with van der Waals surface area (Å²) in [5.74, 6) is -1.13. The lowest BCUT2D eigenvalue weighted by molar-refractivity contribution is -0.139. The second kappa shape index (κ2) is 6.49. The number of carboxylic acid groups (broad SMARTS) is 1. The minimum atomic E-state index is -1.13. The molecule has 1 unspecified atom stereocenters. The Morgan fingerprint density at radius 3 is 2.35 bits per heavy atom. The molecule has 0 aromatic heterocycles. The fourth-order valence-corrected chi connectivity index (χ4v) is 1.11. The number of carbonyl (C=O) groups excluding carboxylic acids is 1. The number of rotatable bonds is 4. The third-order valence-electron chi connectivity index (χ3n) is 1.70. The van der Waals surface area contributed by atoms with E-state index in [0.29, 0.717) is 5.57 Å². The fraction of sp³-hybridized carbons (Fsp3) is 0.636. The van der Waals surface area contributed by atoms with E-state index >= 15 is 0 Å². The summed E-state index contributed by atoms with van der Waals surface area (Å²) in [7, 11) is 0. The number of hydrogen-bond acceptors (Lipinski definition) is 3. The van der Waals surface area contributed by atoms with Crippen LogP contribution >= 0.6 is 11.6 Å². The number of amides is 1. The highest BCUT2D eigenvalue weighted by molar-refractivity contribution is 6.25. The molecule has 0 aliphatic heterocycles. The molecule has 0 aromatic carbocycles. The van der Waals surface area contributed by atoms with E-state index in [4.69, 9.17) is 21.4 Å². The molecule has 1 amide bonds. The van der Waals surface area contributed by atoms with Crippen molar-refractivity contribution in [3.63, 3.8) is 0 Å². The molecule has 0 saturated carbocycles. The minimum Gasteiger partial charge on any atom is -0.480 e. The molecule has 0 aliphatic rings. The van der Waals surface area contributed by atoms with Gasteiger partial charge in [-0.15, -0.1) is 0 Å². The number of ether oxygens (including phenoxy) is 1. The van der Waals surface area contributed by atoms with Crippen LogP contribution in [-0.4, -0.2) is 28.8 Å². The zero-order valence-corrected chi connectivity index (χ0v) is 11.2. The van der Waals surface area contributed by atoms with Crippen LogP contribution in [0.1, 0.15) is 34.1 Å². The van der Waals surface area contributed by atoms with Gasteiger partial charge in [0.05, 0.1) is 0 Å². The molecule has 0 saturated heterocycles. The summed E-state index contributed by atoms with van der Waals surface area (Å²) in [4.78, 5) is 22.3. The average molecular weight is 264 g/mol. The van der Waals surface area contributed by atoms with Crippen molar-refractivity contribution in [2.45, 2.75) is 45.8 Å². The van der Waals surface area contributed by atoms with Crippen LogP contribution in [0.3, 0.4) is 0 Å². The third-order valence-corrected chi connectivity index (χ3v) is 2.07. The van der Waals surface area contributed by atoms with Crippen LogP contribution in [-0.2, 0) is 9.53 Å². The first-order valence-corrected chi connectivity index (χ1v) is 5.57. The molecule has 5 nitrogen and oxygen atoms in total. The number of nitrogens with one attached hydrogen (secondary N) is 1. The second-order valence-corrected chi connectivity index (χ2v) is 4.91. The van der Waals surface area contributed by atoms with Gasteiger partial charge in [-0.25, -0.2) is 9.59 Å². The molecule has 1 atom stereocenters. The van der Waals surface area contributed by atoms with Crippen molar-refractivity contribution in [3.05, 3.63) is 11.1 Å². The van der Waals surface area contributed by atoms with Crippen LogP contribution in [0.5, 0.6) is 0 Å². The van der Waals surface area contributed by atoms with Crippen LogP contribution in [0.2, 0.25) is 0 Å². The second-order valence-electron chi connectivity index (χ2n) is 4.70. The topological polar surface area (TPSA) is 75.6 Å². The van der Waals surface area contributed by atoms with Crippen LogP contribution in [0.25, 0.3) is 0 Å². The summed E-state index contributed by atoms with van der Waals surface area (Å²) in [5, 5.41) is 11.2. The van der Waals surface area contributed by atoms with Crippen LogP contribution in [0, 0.1) is 0 Å². The minimum absolute atomic E-state index is 0.137. The Kier molecular flexibility index (Phi) is 6.02. The molecule has 0 radical (unpaired) electrons. The van der Waals surface area contributed by atoms with Gasteiger partial charge >= 0.3 is 12.1 Å².